The topological polar surface area (TPSA) is 46.9 Å². The zero-order valence-corrected chi connectivity index (χ0v) is 12.8. The third kappa shape index (κ3) is 2.52. The van der Waals surface area contributed by atoms with Crippen molar-refractivity contribution in [3.8, 4) is 0 Å². The lowest BCUT2D eigenvalue weighted by atomic mass is 9.76. The molecule has 1 aromatic heterocycles. The van der Waals surface area contributed by atoms with E-state index in [4.69, 9.17) is 0 Å². The molecule has 4 nitrogen and oxygen atoms in total. The minimum absolute atomic E-state index is 0.178. The van der Waals surface area contributed by atoms with Gasteiger partial charge in [-0.05, 0) is 48.8 Å². The first-order valence-corrected chi connectivity index (χ1v) is 7.15. The molecule has 1 aliphatic rings. The van der Waals surface area contributed by atoms with Crippen LogP contribution < -0.4 is 5.32 Å². The van der Waals surface area contributed by atoms with Crippen molar-refractivity contribution in [2.75, 3.05) is 13.1 Å². The van der Waals surface area contributed by atoms with Gasteiger partial charge in [-0.3, -0.25) is 9.48 Å². The molecule has 2 heterocycles. The summed E-state index contributed by atoms with van der Waals surface area (Å²) >= 11 is 3.52. The average molecular weight is 314 g/mol. The van der Waals surface area contributed by atoms with E-state index in [1.165, 1.54) is 0 Å². The molecule has 18 heavy (non-hydrogen) atoms. The lowest BCUT2D eigenvalue weighted by Crippen LogP contribution is -2.41. The second kappa shape index (κ2) is 5.13. The predicted octanol–water partition coefficient (Wildman–Crippen LogP) is 1.99. The Balaban J connectivity index is 2.16. The number of aromatic nitrogens is 2. The second-order valence-electron chi connectivity index (χ2n) is 5.38. The number of rotatable bonds is 3. The van der Waals surface area contributed by atoms with E-state index in [0.717, 1.165) is 41.8 Å². The SMILES string of the molecule is Cc1nn(C)c(CC(=O)C2(C)CCNCC2)c1Br. The van der Waals surface area contributed by atoms with Gasteiger partial charge in [-0.25, -0.2) is 0 Å². The normalized spacial score (nSPS) is 18.9. The molecule has 0 unspecified atom stereocenters. The number of carbonyl (C=O) groups is 1. The van der Waals surface area contributed by atoms with Gasteiger partial charge in [0.25, 0.3) is 0 Å². The fraction of sp³-hybridized carbons (Fsp3) is 0.692. The van der Waals surface area contributed by atoms with Crippen LogP contribution in [0.3, 0.4) is 0 Å². The highest BCUT2D eigenvalue weighted by atomic mass is 79.9. The zero-order valence-electron chi connectivity index (χ0n) is 11.2. The first-order valence-electron chi connectivity index (χ1n) is 6.36. The Morgan fingerprint density at radius 1 is 1.50 bits per heavy atom. The van der Waals surface area contributed by atoms with Gasteiger partial charge in [0.05, 0.1) is 22.3 Å². The second-order valence-corrected chi connectivity index (χ2v) is 6.17. The molecule has 0 radical (unpaired) electrons. The maximum atomic E-state index is 12.5. The van der Waals surface area contributed by atoms with Gasteiger partial charge in [0.2, 0.25) is 0 Å². The molecule has 0 saturated carbocycles. The van der Waals surface area contributed by atoms with Crippen LogP contribution in [0.1, 0.15) is 31.2 Å². The van der Waals surface area contributed by atoms with Crippen molar-refractivity contribution in [2.24, 2.45) is 12.5 Å². The van der Waals surface area contributed by atoms with E-state index in [9.17, 15) is 4.79 Å². The molecule has 1 fully saturated rings. The number of Topliss-reactive ketones (excluding diaryl/α,β-unsaturated/α-hetero) is 1. The van der Waals surface area contributed by atoms with E-state index in [2.05, 4.69) is 33.3 Å². The molecule has 1 aromatic rings. The van der Waals surface area contributed by atoms with Gasteiger partial charge in [0.1, 0.15) is 5.78 Å². The van der Waals surface area contributed by atoms with Crippen LogP contribution in [-0.4, -0.2) is 28.7 Å². The summed E-state index contributed by atoms with van der Waals surface area (Å²) in [6.07, 6.45) is 2.33. The van der Waals surface area contributed by atoms with Crippen molar-refractivity contribution in [1.29, 1.82) is 0 Å². The van der Waals surface area contributed by atoms with Gasteiger partial charge in [0, 0.05) is 12.5 Å². The van der Waals surface area contributed by atoms with Crippen LogP contribution in [0.2, 0.25) is 0 Å². The Bertz CT molecular complexity index is 461. The molecule has 100 valence electrons. The molecule has 0 bridgehead atoms. The lowest BCUT2D eigenvalue weighted by Gasteiger charge is -2.32. The third-order valence-corrected chi connectivity index (χ3v) is 5.00. The van der Waals surface area contributed by atoms with Crippen molar-refractivity contribution in [3.05, 3.63) is 15.9 Å². The molecular weight excluding hydrogens is 294 g/mol. The van der Waals surface area contributed by atoms with Crippen LogP contribution in [0.4, 0.5) is 0 Å². The van der Waals surface area contributed by atoms with E-state index in [1.54, 1.807) is 0 Å². The Labute approximate surface area is 116 Å². The van der Waals surface area contributed by atoms with Gasteiger partial charge in [-0.1, -0.05) is 6.92 Å². The number of ketones is 1. The van der Waals surface area contributed by atoms with Crippen LogP contribution in [0.25, 0.3) is 0 Å². The number of hydrogen-bond acceptors (Lipinski definition) is 3. The molecule has 0 atom stereocenters. The van der Waals surface area contributed by atoms with E-state index >= 15 is 0 Å². The number of nitrogens with zero attached hydrogens (tertiary/aromatic N) is 2. The first-order chi connectivity index (χ1) is 8.44. The molecule has 0 amide bonds. The highest BCUT2D eigenvalue weighted by Gasteiger charge is 2.34. The molecule has 1 saturated heterocycles. The number of carbonyl (C=O) groups excluding carboxylic acids is 1. The molecule has 1 aliphatic heterocycles. The highest BCUT2D eigenvalue weighted by Crippen LogP contribution is 2.31. The average Bonchev–Trinajstić information content (AvgIpc) is 2.57. The van der Waals surface area contributed by atoms with E-state index in [1.807, 2.05) is 18.7 Å². The summed E-state index contributed by atoms with van der Waals surface area (Å²) < 4.78 is 2.78. The van der Waals surface area contributed by atoms with Gasteiger partial charge in [0.15, 0.2) is 0 Å². The smallest absolute Gasteiger partial charge is 0.144 e. The molecular formula is C13H20BrN3O. The quantitative estimate of drug-likeness (QED) is 0.928. The number of aryl methyl sites for hydroxylation is 2. The maximum absolute atomic E-state index is 12.5. The molecule has 0 aromatic carbocycles. The van der Waals surface area contributed by atoms with Gasteiger partial charge < -0.3 is 5.32 Å². The summed E-state index contributed by atoms with van der Waals surface area (Å²) in [6, 6.07) is 0. The molecule has 1 N–H and O–H groups in total. The zero-order chi connectivity index (χ0) is 13.3. The minimum atomic E-state index is -0.178. The summed E-state index contributed by atoms with van der Waals surface area (Å²) in [5.41, 5.74) is 1.75. The largest absolute Gasteiger partial charge is 0.317 e. The first kappa shape index (κ1) is 13.7. The van der Waals surface area contributed by atoms with Crippen LogP contribution in [0.5, 0.6) is 0 Å². The number of nitrogens with one attached hydrogen (secondary N) is 1. The highest BCUT2D eigenvalue weighted by molar-refractivity contribution is 9.10. The third-order valence-electron chi connectivity index (χ3n) is 3.97. The summed E-state index contributed by atoms with van der Waals surface area (Å²) in [4.78, 5) is 12.5. The summed E-state index contributed by atoms with van der Waals surface area (Å²) in [5.74, 6) is 0.327. The maximum Gasteiger partial charge on any atom is 0.144 e. The fourth-order valence-electron chi connectivity index (χ4n) is 2.50. The Morgan fingerprint density at radius 2 is 2.11 bits per heavy atom. The number of piperidine rings is 1. The summed E-state index contributed by atoms with van der Waals surface area (Å²) in [5, 5.41) is 7.64. The van der Waals surface area contributed by atoms with Crippen LogP contribution in [0, 0.1) is 12.3 Å². The van der Waals surface area contributed by atoms with Crippen LogP contribution in [-0.2, 0) is 18.3 Å². The van der Waals surface area contributed by atoms with Gasteiger partial charge in [-0.2, -0.15) is 5.10 Å². The van der Waals surface area contributed by atoms with Crippen molar-refractivity contribution in [3.63, 3.8) is 0 Å². The fourth-order valence-corrected chi connectivity index (χ4v) is 2.97. The Hall–Kier alpha value is -0.680. The standard InChI is InChI=1S/C13H20BrN3O/c1-9-12(14)10(17(3)16-9)8-11(18)13(2)4-6-15-7-5-13/h15H,4-8H2,1-3H3. The van der Waals surface area contributed by atoms with Gasteiger partial charge >= 0.3 is 0 Å². The monoisotopic (exact) mass is 313 g/mol. The summed E-state index contributed by atoms with van der Waals surface area (Å²) in [6.45, 7) is 5.92. The van der Waals surface area contributed by atoms with Crippen molar-refractivity contribution in [1.82, 2.24) is 15.1 Å². The lowest BCUT2D eigenvalue weighted by molar-refractivity contribution is -0.128. The van der Waals surface area contributed by atoms with Crippen LogP contribution >= 0.6 is 15.9 Å². The van der Waals surface area contributed by atoms with E-state index in [0.29, 0.717) is 12.2 Å². The number of hydrogen-bond donors (Lipinski definition) is 1. The van der Waals surface area contributed by atoms with Crippen LogP contribution in [0.15, 0.2) is 4.47 Å². The Kier molecular flexibility index (Phi) is 3.92. The molecule has 0 spiro atoms. The predicted molar refractivity (Wildman–Crippen MR) is 74.6 cm³/mol. The molecule has 2 rings (SSSR count). The molecule has 5 heteroatoms. The van der Waals surface area contributed by atoms with Crippen molar-refractivity contribution < 1.29 is 4.79 Å². The van der Waals surface area contributed by atoms with E-state index in [-0.39, 0.29) is 5.41 Å². The van der Waals surface area contributed by atoms with Crippen molar-refractivity contribution >= 4 is 21.7 Å². The van der Waals surface area contributed by atoms with Gasteiger partial charge in [-0.15, -0.1) is 0 Å². The Morgan fingerprint density at radius 3 is 2.61 bits per heavy atom. The minimum Gasteiger partial charge on any atom is -0.317 e. The molecule has 0 aliphatic carbocycles. The van der Waals surface area contributed by atoms with Crippen molar-refractivity contribution in [2.45, 2.75) is 33.1 Å². The number of halogens is 1. The summed E-state index contributed by atoms with van der Waals surface area (Å²) in [7, 11) is 1.89. The van der Waals surface area contributed by atoms with E-state index < -0.39 is 0 Å².